The predicted molar refractivity (Wildman–Crippen MR) is 77.8 cm³/mol. The van der Waals surface area contributed by atoms with Crippen molar-refractivity contribution >= 4 is 11.6 Å². The van der Waals surface area contributed by atoms with E-state index in [9.17, 15) is 0 Å². The molecular formula is C16H16ClNO. The van der Waals surface area contributed by atoms with Gasteiger partial charge in [-0.25, -0.2) is 0 Å². The van der Waals surface area contributed by atoms with E-state index in [0.717, 1.165) is 17.2 Å². The fourth-order valence-electron chi connectivity index (χ4n) is 2.62. The molecule has 19 heavy (non-hydrogen) atoms. The third-order valence-electron chi connectivity index (χ3n) is 3.61. The molecule has 2 nitrogen and oxygen atoms in total. The van der Waals surface area contributed by atoms with Crippen molar-refractivity contribution in [2.75, 3.05) is 6.61 Å². The van der Waals surface area contributed by atoms with Crippen molar-refractivity contribution in [3.63, 3.8) is 0 Å². The average Bonchev–Trinajstić information content (AvgIpc) is 2.82. The van der Waals surface area contributed by atoms with Crippen molar-refractivity contribution in [1.29, 1.82) is 0 Å². The average molecular weight is 274 g/mol. The number of halogens is 1. The molecule has 0 fully saturated rings. The van der Waals surface area contributed by atoms with E-state index in [1.807, 2.05) is 36.4 Å². The number of hydrogen-bond acceptors (Lipinski definition) is 2. The third kappa shape index (κ3) is 2.60. The Bertz CT molecular complexity index is 584. The maximum Gasteiger partial charge on any atom is 0.122 e. The third-order valence-corrected chi connectivity index (χ3v) is 3.85. The fraction of sp³-hybridized carbons (Fsp3) is 0.250. The van der Waals surface area contributed by atoms with Gasteiger partial charge in [0.2, 0.25) is 0 Å². The van der Waals surface area contributed by atoms with Crippen LogP contribution in [-0.4, -0.2) is 12.6 Å². The van der Waals surface area contributed by atoms with Crippen LogP contribution in [0.2, 0.25) is 5.02 Å². The molecule has 0 spiro atoms. The molecule has 0 aliphatic carbocycles. The lowest BCUT2D eigenvalue weighted by Gasteiger charge is -2.18. The van der Waals surface area contributed by atoms with Gasteiger partial charge in [0.05, 0.1) is 6.61 Å². The summed E-state index contributed by atoms with van der Waals surface area (Å²) in [6.45, 7) is 0.668. The first-order valence-electron chi connectivity index (χ1n) is 6.46. The van der Waals surface area contributed by atoms with Crippen LogP contribution in [0, 0.1) is 0 Å². The first kappa shape index (κ1) is 12.5. The number of nitrogens with two attached hydrogens (primary N) is 1. The zero-order valence-electron chi connectivity index (χ0n) is 10.6. The number of hydrogen-bond donors (Lipinski definition) is 1. The largest absolute Gasteiger partial charge is 0.493 e. The SMILES string of the molecule is NC(Cc1cccc(Cl)c1)C1COc2ccccc21. The molecule has 2 unspecified atom stereocenters. The molecule has 98 valence electrons. The lowest BCUT2D eigenvalue weighted by Crippen LogP contribution is -2.31. The highest BCUT2D eigenvalue weighted by Gasteiger charge is 2.28. The van der Waals surface area contributed by atoms with Crippen LogP contribution in [0.15, 0.2) is 48.5 Å². The minimum absolute atomic E-state index is 0.0436. The van der Waals surface area contributed by atoms with Crippen molar-refractivity contribution in [3.8, 4) is 5.75 Å². The van der Waals surface area contributed by atoms with Gasteiger partial charge in [0.1, 0.15) is 5.75 Å². The molecule has 2 aromatic carbocycles. The summed E-state index contributed by atoms with van der Waals surface area (Å²) in [5, 5.41) is 0.757. The lowest BCUT2D eigenvalue weighted by atomic mass is 9.90. The van der Waals surface area contributed by atoms with Crippen LogP contribution in [0.4, 0.5) is 0 Å². The first-order valence-corrected chi connectivity index (χ1v) is 6.83. The predicted octanol–water partition coefficient (Wildman–Crippen LogP) is 3.39. The van der Waals surface area contributed by atoms with Gasteiger partial charge in [0.15, 0.2) is 0 Å². The Balaban J connectivity index is 1.77. The molecule has 1 aliphatic heterocycles. The number of rotatable bonds is 3. The molecule has 0 saturated heterocycles. The minimum atomic E-state index is 0.0436. The molecule has 3 rings (SSSR count). The zero-order valence-corrected chi connectivity index (χ0v) is 11.3. The van der Waals surface area contributed by atoms with E-state index in [4.69, 9.17) is 22.1 Å². The Morgan fingerprint density at radius 3 is 2.89 bits per heavy atom. The van der Waals surface area contributed by atoms with Crippen molar-refractivity contribution in [2.45, 2.75) is 18.4 Å². The van der Waals surface area contributed by atoms with Gasteiger partial charge in [0, 0.05) is 22.5 Å². The Hall–Kier alpha value is -1.51. The second-order valence-corrected chi connectivity index (χ2v) is 5.39. The summed E-state index contributed by atoms with van der Waals surface area (Å²) in [7, 11) is 0. The number of para-hydroxylation sites is 1. The van der Waals surface area contributed by atoms with Crippen molar-refractivity contribution in [1.82, 2.24) is 0 Å². The molecule has 1 aliphatic rings. The highest BCUT2D eigenvalue weighted by Crippen LogP contribution is 2.35. The second kappa shape index (κ2) is 5.24. The molecule has 0 radical (unpaired) electrons. The summed E-state index contributed by atoms with van der Waals surface area (Å²) in [6.07, 6.45) is 0.808. The molecule has 0 amide bonds. The smallest absolute Gasteiger partial charge is 0.122 e. The van der Waals surface area contributed by atoms with Gasteiger partial charge in [0.25, 0.3) is 0 Å². The van der Waals surface area contributed by atoms with Gasteiger partial charge in [-0.05, 0) is 30.2 Å². The Kier molecular flexibility index (Phi) is 3.45. The van der Waals surface area contributed by atoms with Crippen LogP contribution >= 0.6 is 11.6 Å². The van der Waals surface area contributed by atoms with Crippen molar-refractivity contribution < 1.29 is 4.74 Å². The molecular weight excluding hydrogens is 258 g/mol. The van der Waals surface area contributed by atoms with E-state index in [0.29, 0.717) is 6.61 Å². The van der Waals surface area contributed by atoms with E-state index < -0.39 is 0 Å². The quantitative estimate of drug-likeness (QED) is 0.930. The zero-order chi connectivity index (χ0) is 13.2. The van der Waals surface area contributed by atoms with E-state index in [-0.39, 0.29) is 12.0 Å². The van der Waals surface area contributed by atoms with Gasteiger partial charge in [-0.2, -0.15) is 0 Å². The van der Waals surface area contributed by atoms with Gasteiger partial charge < -0.3 is 10.5 Å². The fourth-order valence-corrected chi connectivity index (χ4v) is 2.83. The second-order valence-electron chi connectivity index (χ2n) is 4.95. The normalized spacial score (nSPS) is 18.7. The summed E-state index contributed by atoms with van der Waals surface area (Å²) < 4.78 is 5.69. The molecule has 0 saturated carbocycles. The maximum absolute atomic E-state index is 6.35. The molecule has 2 atom stereocenters. The monoisotopic (exact) mass is 273 g/mol. The van der Waals surface area contributed by atoms with Gasteiger partial charge in [-0.15, -0.1) is 0 Å². The van der Waals surface area contributed by atoms with E-state index in [1.54, 1.807) is 0 Å². The number of fused-ring (bicyclic) bond motifs is 1. The highest BCUT2D eigenvalue weighted by atomic mass is 35.5. The molecule has 0 bridgehead atoms. The van der Waals surface area contributed by atoms with E-state index in [1.165, 1.54) is 11.1 Å². The minimum Gasteiger partial charge on any atom is -0.493 e. The highest BCUT2D eigenvalue weighted by molar-refractivity contribution is 6.30. The van der Waals surface area contributed by atoms with Crippen LogP contribution in [0.1, 0.15) is 17.0 Å². The van der Waals surface area contributed by atoms with Crippen LogP contribution in [-0.2, 0) is 6.42 Å². The molecule has 3 heteroatoms. The van der Waals surface area contributed by atoms with Gasteiger partial charge in [-0.1, -0.05) is 41.9 Å². The summed E-state index contributed by atoms with van der Waals surface area (Å²) >= 11 is 6.00. The number of benzene rings is 2. The topological polar surface area (TPSA) is 35.2 Å². The summed E-state index contributed by atoms with van der Waals surface area (Å²) in [4.78, 5) is 0. The van der Waals surface area contributed by atoms with Crippen LogP contribution in [0.5, 0.6) is 5.75 Å². The maximum atomic E-state index is 6.35. The van der Waals surface area contributed by atoms with Crippen LogP contribution in [0.25, 0.3) is 0 Å². The van der Waals surface area contributed by atoms with E-state index >= 15 is 0 Å². The molecule has 0 aromatic heterocycles. The first-order chi connectivity index (χ1) is 9.24. The lowest BCUT2D eigenvalue weighted by molar-refractivity contribution is 0.313. The molecule has 2 N–H and O–H groups in total. The Morgan fingerprint density at radius 1 is 1.21 bits per heavy atom. The standard InChI is InChI=1S/C16H16ClNO/c17-12-5-3-4-11(8-12)9-15(18)14-10-19-16-7-2-1-6-13(14)16/h1-8,14-15H,9-10,18H2. The molecule has 2 aromatic rings. The van der Waals surface area contributed by atoms with Crippen LogP contribution < -0.4 is 10.5 Å². The van der Waals surface area contributed by atoms with E-state index in [2.05, 4.69) is 12.1 Å². The summed E-state index contributed by atoms with van der Waals surface area (Å²) in [5.41, 5.74) is 8.74. The van der Waals surface area contributed by atoms with Crippen molar-refractivity contribution in [2.24, 2.45) is 5.73 Å². The van der Waals surface area contributed by atoms with Gasteiger partial charge in [-0.3, -0.25) is 0 Å². The molecule has 1 heterocycles. The Labute approximate surface area is 118 Å². The number of ether oxygens (including phenoxy) is 1. The van der Waals surface area contributed by atoms with Crippen molar-refractivity contribution in [3.05, 3.63) is 64.7 Å². The summed E-state index contributed by atoms with van der Waals surface area (Å²) in [6, 6.07) is 16.1. The van der Waals surface area contributed by atoms with Gasteiger partial charge >= 0.3 is 0 Å². The Morgan fingerprint density at radius 2 is 2.05 bits per heavy atom. The van der Waals surface area contributed by atoms with Crippen LogP contribution in [0.3, 0.4) is 0 Å². The summed E-state index contributed by atoms with van der Waals surface area (Å²) in [5.74, 6) is 1.23.